The Kier molecular flexibility index (Phi) is 18.8. The van der Waals surface area contributed by atoms with E-state index in [4.69, 9.17) is 4.52 Å². The minimum atomic E-state index is -3.29. The monoisotopic (exact) mass is 738 g/mol. The molecule has 9 heteroatoms. The van der Waals surface area contributed by atoms with Crippen LogP contribution in [0.3, 0.4) is 0 Å². The molecule has 240 valence electrons. The lowest BCUT2D eigenvalue weighted by Gasteiger charge is -2.37. The van der Waals surface area contributed by atoms with Crippen LogP contribution in [0.5, 0.6) is 5.75 Å². The van der Waals surface area contributed by atoms with E-state index < -0.39 is 7.67 Å². The highest BCUT2D eigenvalue weighted by atomic mass is 79.9. The number of nitrogens with one attached hydrogen (secondary N) is 2. The Labute approximate surface area is 282 Å². The molecule has 0 heterocycles. The summed E-state index contributed by atoms with van der Waals surface area (Å²) in [5, 5.41) is 6.60. The van der Waals surface area contributed by atoms with Crippen molar-refractivity contribution in [3.05, 3.63) is 102 Å². The predicted octanol–water partition coefficient (Wildman–Crippen LogP) is 1.25. The van der Waals surface area contributed by atoms with Crippen molar-refractivity contribution in [2.45, 2.75) is 53.6 Å². The second-order valence-electron chi connectivity index (χ2n) is 11.2. The van der Waals surface area contributed by atoms with Crippen LogP contribution in [0.25, 0.3) is 0 Å². The largest absolute Gasteiger partial charge is 1.00 e. The van der Waals surface area contributed by atoms with Gasteiger partial charge in [-0.25, -0.2) is 14.7 Å². The second-order valence-corrected chi connectivity index (χ2v) is 13.1. The van der Waals surface area contributed by atoms with Gasteiger partial charge < -0.3 is 47.5 Å². The Morgan fingerprint density at radius 3 is 1.28 bits per heavy atom. The van der Waals surface area contributed by atoms with E-state index in [1.54, 1.807) is 0 Å². The summed E-state index contributed by atoms with van der Waals surface area (Å²) in [7, 11) is -3.29. The van der Waals surface area contributed by atoms with Gasteiger partial charge in [0.1, 0.15) is 18.8 Å². The second kappa shape index (κ2) is 20.5. The first-order chi connectivity index (χ1) is 19.9. The smallest absolute Gasteiger partial charge is 0.390 e. The van der Waals surface area contributed by atoms with E-state index in [-0.39, 0.29) is 34.0 Å². The highest BCUT2D eigenvalue weighted by Gasteiger charge is 2.28. The molecule has 2 N–H and O–H groups in total. The standard InChI is InChI=1S/C34H53N4O2P.2BrH/c1-5-37(6-2,30-32-20-12-9-13-21-32)28-18-26-35-41(39,40-34-24-16-11-17-25-34)36-27-19-29-38(7-3,8-4)31-33-22-14-10-15-23-33;;/h9-17,20-25H,5-8,18-19,26-31H2,1-4H3,(H2,35,36,39);2*1H/q+2;;/p-2. The Hall–Kier alpha value is -1.51. The van der Waals surface area contributed by atoms with Crippen molar-refractivity contribution in [2.24, 2.45) is 0 Å². The minimum Gasteiger partial charge on any atom is -1.00 e. The fourth-order valence-corrected chi connectivity index (χ4v) is 7.22. The van der Waals surface area contributed by atoms with Crippen molar-refractivity contribution in [3.63, 3.8) is 0 Å². The maximum Gasteiger partial charge on any atom is 0.390 e. The molecule has 0 aliphatic carbocycles. The van der Waals surface area contributed by atoms with Crippen LogP contribution in [0.4, 0.5) is 0 Å². The lowest BCUT2D eigenvalue weighted by Crippen LogP contribution is -3.00. The fourth-order valence-electron chi connectivity index (χ4n) is 5.66. The molecule has 3 aromatic carbocycles. The normalized spacial score (nSPS) is 11.8. The van der Waals surface area contributed by atoms with E-state index in [1.807, 2.05) is 30.3 Å². The molecule has 6 nitrogen and oxygen atoms in total. The zero-order valence-electron chi connectivity index (χ0n) is 26.6. The highest BCUT2D eigenvalue weighted by molar-refractivity contribution is 7.55. The maximum atomic E-state index is 14.0. The Morgan fingerprint density at radius 1 is 0.581 bits per heavy atom. The van der Waals surface area contributed by atoms with Gasteiger partial charge >= 0.3 is 7.67 Å². The SMILES string of the molecule is CC[N+](CC)(CCCNP(=O)(NCCC[N+](CC)(CC)Cc1ccccc1)Oc1ccccc1)Cc1ccccc1.[Br-].[Br-]. The molecular weight excluding hydrogens is 687 g/mol. The molecule has 0 radical (unpaired) electrons. The van der Waals surface area contributed by atoms with E-state index in [0.29, 0.717) is 18.8 Å². The summed E-state index contributed by atoms with van der Waals surface area (Å²) in [5.41, 5.74) is 2.73. The van der Waals surface area contributed by atoms with Crippen LogP contribution < -0.4 is 48.7 Å². The summed E-state index contributed by atoms with van der Waals surface area (Å²) in [6.07, 6.45) is 1.84. The van der Waals surface area contributed by atoms with Gasteiger partial charge in [-0.05, 0) is 39.8 Å². The quantitative estimate of drug-likeness (QED) is 0.104. The zero-order chi connectivity index (χ0) is 29.4. The third-order valence-electron chi connectivity index (χ3n) is 8.64. The predicted molar refractivity (Wildman–Crippen MR) is 173 cm³/mol. The molecule has 0 fully saturated rings. The van der Waals surface area contributed by atoms with E-state index in [1.165, 1.54) is 11.1 Å². The van der Waals surface area contributed by atoms with Crippen molar-refractivity contribution in [1.29, 1.82) is 0 Å². The topological polar surface area (TPSA) is 50.4 Å². The molecule has 43 heavy (non-hydrogen) atoms. The average molecular weight is 741 g/mol. The summed E-state index contributed by atoms with van der Waals surface area (Å²) in [6, 6.07) is 31.0. The lowest BCUT2D eigenvalue weighted by molar-refractivity contribution is -0.937. The van der Waals surface area contributed by atoms with Crippen LogP contribution in [0, 0.1) is 0 Å². The van der Waals surface area contributed by atoms with E-state index >= 15 is 0 Å². The van der Waals surface area contributed by atoms with Crippen molar-refractivity contribution >= 4 is 7.67 Å². The molecule has 0 amide bonds. The Morgan fingerprint density at radius 2 is 0.930 bits per heavy atom. The van der Waals surface area contributed by atoms with Gasteiger partial charge in [0.15, 0.2) is 0 Å². The molecule has 3 rings (SSSR count). The van der Waals surface area contributed by atoms with Crippen LogP contribution >= 0.6 is 7.67 Å². The van der Waals surface area contributed by atoms with Gasteiger partial charge in [0, 0.05) is 37.1 Å². The summed E-state index contributed by atoms with van der Waals surface area (Å²) in [5.74, 6) is 0.614. The first kappa shape index (κ1) is 39.5. The molecule has 0 aliphatic rings. The summed E-state index contributed by atoms with van der Waals surface area (Å²) >= 11 is 0. The molecule has 0 saturated carbocycles. The van der Waals surface area contributed by atoms with E-state index in [0.717, 1.165) is 74.2 Å². The van der Waals surface area contributed by atoms with Crippen LogP contribution in [0.15, 0.2) is 91.0 Å². The van der Waals surface area contributed by atoms with Crippen LogP contribution in [0.1, 0.15) is 51.7 Å². The van der Waals surface area contributed by atoms with Crippen molar-refractivity contribution in [3.8, 4) is 5.75 Å². The molecule has 3 aromatic rings. The number of nitrogens with zero attached hydrogens (tertiary/aromatic N) is 2. The Balaban J connectivity index is 0.00000462. The van der Waals surface area contributed by atoms with E-state index in [2.05, 4.69) is 98.5 Å². The van der Waals surface area contributed by atoms with Crippen molar-refractivity contribution < 1.29 is 52.0 Å². The maximum absolute atomic E-state index is 14.0. The van der Waals surface area contributed by atoms with Crippen molar-refractivity contribution in [2.75, 3.05) is 52.4 Å². The molecule has 0 atom stereocenters. The third kappa shape index (κ3) is 13.2. The number of rotatable bonds is 20. The molecule has 0 spiro atoms. The number of para-hydroxylation sites is 1. The Bertz CT molecular complexity index is 1100. The van der Waals surface area contributed by atoms with Gasteiger partial charge in [0.25, 0.3) is 0 Å². The zero-order valence-corrected chi connectivity index (χ0v) is 30.6. The van der Waals surface area contributed by atoms with Crippen LogP contribution in [0.2, 0.25) is 0 Å². The van der Waals surface area contributed by atoms with Gasteiger partial charge in [-0.15, -0.1) is 0 Å². The molecule has 0 saturated heterocycles. The number of benzene rings is 3. The first-order valence-corrected chi connectivity index (χ1v) is 17.1. The minimum absolute atomic E-state index is 0. The molecule has 0 aromatic heterocycles. The molecule has 0 bridgehead atoms. The van der Waals surface area contributed by atoms with Gasteiger partial charge in [-0.2, -0.15) is 0 Å². The molecule has 0 aliphatic heterocycles. The molecular formula is C34H53Br2N4O2P. The average Bonchev–Trinajstić information content (AvgIpc) is 3.02. The van der Waals surface area contributed by atoms with Crippen molar-refractivity contribution in [1.82, 2.24) is 10.2 Å². The summed E-state index contributed by atoms with van der Waals surface area (Å²) in [6.45, 7) is 18.7. The van der Waals surface area contributed by atoms with Crippen LogP contribution in [-0.4, -0.2) is 61.3 Å². The lowest BCUT2D eigenvalue weighted by atomic mass is 10.1. The van der Waals surface area contributed by atoms with Gasteiger partial charge in [0.2, 0.25) is 0 Å². The fraction of sp³-hybridized carbons (Fsp3) is 0.471. The highest BCUT2D eigenvalue weighted by Crippen LogP contribution is 2.38. The number of halogens is 2. The summed E-state index contributed by atoms with van der Waals surface area (Å²) in [4.78, 5) is 0. The van der Waals surface area contributed by atoms with Gasteiger partial charge in [-0.3, -0.25) is 0 Å². The third-order valence-corrected chi connectivity index (χ3v) is 10.4. The van der Waals surface area contributed by atoms with Crippen LogP contribution in [-0.2, 0) is 17.7 Å². The first-order valence-electron chi connectivity index (χ1n) is 15.5. The van der Waals surface area contributed by atoms with Gasteiger partial charge in [0.05, 0.1) is 39.3 Å². The van der Waals surface area contributed by atoms with Gasteiger partial charge in [-0.1, -0.05) is 78.9 Å². The van der Waals surface area contributed by atoms with E-state index in [9.17, 15) is 4.57 Å². The number of hydrogen-bond donors (Lipinski definition) is 2. The number of quaternary nitrogens is 2. The summed E-state index contributed by atoms with van der Waals surface area (Å²) < 4.78 is 22.1. The molecule has 0 unspecified atom stereocenters. The number of hydrogen-bond acceptors (Lipinski definition) is 2.